The second kappa shape index (κ2) is 6.89. The minimum absolute atomic E-state index is 0.141. The number of nitrogens with zero attached hydrogens (tertiary/aromatic N) is 3. The van der Waals surface area contributed by atoms with Gasteiger partial charge in [-0.25, -0.2) is 4.98 Å². The Hall–Kier alpha value is -1.92. The molecule has 4 nitrogen and oxygen atoms in total. The van der Waals surface area contributed by atoms with Gasteiger partial charge >= 0.3 is 0 Å². The SMILES string of the molecule is CCCSc1nn2c(=O)cc(/C=C/c3ccccc3)nc2s1. The average molecular weight is 329 g/mol. The first-order valence-electron chi connectivity index (χ1n) is 7.03. The fourth-order valence-electron chi connectivity index (χ4n) is 1.89. The zero-order chi connectivity index (χ0) is 15.4. The molecule has 6 heteroatoms. The standard InChI is InChI=1S/C16H15N3OS2/c1-2-10-21-16-18-19-14(20)11-13(17-15(19)22-16)9-8-12-6-4-3-5-7-12/h3-9,11H,2,10H2,1H3/b9-8+. The average Bonchev–Trinajstić information content (AvgIpc) is 2.95. The van der Waals surface area contributed by atoms with Gasteiger partial charge < -0.3 is 0 Å². The van der Waals surface area contributed by atoms with Gasteiger partial charge in [0, 0.05) is 11.8 Å². The number of thioether (sulfide) groups is 1. The van der Waals surface area contributed by atoms with Gasteiger partial charge in [0.15, 0.2) is 4.34 Å². The summed E-state index contributed by atoms with van der Waals surface area (Å²) in [4.78, 5) is 17.3. The van der Waals surface area contributed by atoms with Crippen LogP contribution in [0.3, 0.4) is 0 Å². The first-order valence-corrected chi connectivity index (χ1v) is 8.83. The van der Waals surface area contributed by atoms with Crippen molar-refractivity contribution in [2.45, 2.75) is 17.7 Å². The molecule has 1 aromatic carbocycles. The van der Waals surface area contributed by atoms with Gasteiger partial charge in [-0.1, -0.05) is 66.4 Å². The van der Waals surface area contributed by atoms with Gasteiger partial charge in [0.2, 0.25) is 4.96 Å². The van der Waals surface area contributed by atoms with Gasteiger partial charge in [-0.15, -0.1) is 5.10 Å². The van der Waals surface area contributed by atoms with Gasteiger partial charge in [-0.3, -0.25) is 4.79 Å². The second-order valence-electron chi connectivity index (χ2n) is 4.67. The van der Waals surface area contributed by atoms with Gasteiger partial charge in [0.25, 0.3) is 5.56 Å². The number of rotatable bonds is 5. The monoisotopic (exact) mass is 329 g/mol. The van der Waals surface area contributed by atoms with Crippen LogP contribution in [0.5, 0.6) is 0 Å². The Balaban J connectivity index is 1.91. The highest BCUT2D eigenvalue weighted by atomic mass is 32.2. The summed E-state index contributed by atoms with van der Waals surface area (Å²) in [5.74, 6) is 0.995. The molecule has 2 aromatic heterocycles. The van der Waals surface area contributed by atoms with Crippen LogP contribution in [0.25, 0.3) is 17.1 Å². The second-order valence-corrected chi connectivity index (χ2v) is 6.97. The molecule has 0 aliphatic heterocycles. The molecule has 112 valence electrons. The Bertz CT molecular complexity index is 853. The molecular formula is C16H15N3OS2. The lowest BCUT2D eigenvalue weighted by Gasteiger charge is -1.94. The van der Waals surface area contributed by atoms with E-state index in [1.807, 2.05) is 42.5 Å². The van der Waals surface area contributed by atoms with E-state index in [2.05, 4.69) is 17.0 Å². The molecule has 0 fully saturated rings. The summed E-state index contributed by atoms with van der Waals surface area (Å²) in [6.07, 6.45) is 4.88. The zero-order valence-corrected chi connectivity index (χ0v) is 13.7. The van der Waals surface area contributed by atoms with E-state index >= 15 is 0 Å². The van der Waals surface area contributed by atoms with Gasteiger partial charge in [-0.05, 0) is 18.1 Å². The summed E-state index contributed by atoms with van der Waals surface area (Å²) in [7, 11) is 0. The Labute approximate surface area is 136 Å². The zero-order valence-electron chi connectivity index (χ0n) is 12.1. The van der Waals surface area contributed by atoms with Crippen molar-refractivity contribution in [3.63, 3.8) is 0 Å². The quantitative estimate of drug-likeness (QED) is 0.668. The van der Waals surface area contributed by atoms with Crippen LogP contribution >= 0.6 is 23.1 Å². The molecule has 0 bridgehead atoms. The summed E-state index contributed by atoms with van der Waals surface area (Å²) >= 11 is 3.12. The van der Waals surface area contributed by atoms with Gasteiger partial charge in [0.1, 0.15) is 0 Å². The van der Waals surface area contributed by atoms with E-state index in [9.17, 15) is 4.79 Å². The molecule has 0 aliphatic rings. The van der Waals surface area contributed by atoms with Crippen LogP contribution < -0.4 is 5.56 Å². The molecular weight excluding hydrogens is 314 g/mol. The molecule has 0 amide bonds. The molecule has 22 heavy (non-hydrogen) atoms. The summed E-state index contributed by atoms with van der Waals surface area (Å²) in [6.45, 7) is 2.12. The smallest absolute Gasteiger partial charge is 0.267 e. The van der Waals surface area contributed by atoms with Crippen LogP contribution in [0.4, 0.5) is 0 Å². The third kappa shape index (κ3) is 3.45. The third-order valence-electron chi connectivity index (χ3n) is 2.92. The first kappa shape index (κ1) is 15.0. The molecule has 3 aromatic rings. The maximum atomic E-state index is 12.1. The van der Waals surface area contributed by atoms with Crippen molar-refractivity contribution in [2.24, 2.45) is 0 Å². The lowest BCUT2D eigenvalue weighted by Crippen LogP contribution is -2.14. The first-order chi connectivity index (χ1) is 10.8. The third-order valence-corrected chi connectivity index (χ3v) is 5.17. The maximum Gasteiger partial charge on any atom is 0.275 e. The molecule has 3 rings (SSSR count). The molecule has 0 saturated heterocycles. The molecule has 0 N–H and O–H groups in total. The summed E-state index contributed by atoms with van der Waals surface area (Å²) < 4.78 is 2.26. The van der Waals surface area contributed by atoms with E-state index in [0.29, 0.717) is 10.7 Å². The molecule has 0 atom stereocenters. The number of benzene rings is 1. The van der Waals surface area contributed by atoms with E-state index in [1.54, 1.807) is 11.8 Å². The van der Waals surface area contributed by atoms with Crippen molar-refractivity contribution in [1.29, 1.82) is 0 Å². The molecule has 0 saturated carbocycles. The van der Waals surface area contributed by atoms with Crippen molar-refractivity contribution in [1.82, 2.24) is 14.6 Å². The fourth-order valence-corrected chi connectivity index (χ4v) is 3.76. The van der Waals surface area contributed by atoms with Crippen molar-refractivity contribution >= 4 is 40.2 Å². The molecule has 0 unspecified atom stereocenters. The highest BCUT2D eigenvalue weighted by Gasteiger charge is 2.08. The van der Waals surface area contributed by atoms with E-state index in [4.69, 9.17) is 0 Å². The number of aromatic nitrogens is 3. The number of fused-ring (bicyclic) bond motifs is 1. The van der Waals surface area contributed by atoms with Crippen molar-refractivity contribution in [3.05, 3.63) is 58.0 Å². The van der Waals surface area contributed by atoms with Crippen LogP contribution in [0.1, 0.15) is 24.6 Å². The predicted octanol–water partition coefficient (Wildman–Crippen LogP) is 3.82. The van der Waals surface area contributed by atoms with Crippen LogP contribution in [0, 0.1) is 0 Å². The van der Waals surface area contributed by atoms with E-state index in [-0.39, 0.29) is 5.56 Å². The highest BCUT2D eigenvalue weighted by Crippen LogP contribution is 2.23. The van der Waals surface area contributed by atoms with Crippen LogP contribution in [-0.4, -0.2) is 20.4 Å². The van der Waals surface area contributed by atoms with Crippen molar-refractivity contribution in [2.75, 3.05) is 5.75 Å². The Kier molecular flexibility index (Phi) is 4.70. The minimum Gasteiger partial charge on any atom is -0.267 e. The van der Waals surface area contributed by atoms with Crippen molar-refractivity contribution < 1.29 is 0 Å². The molecule has 0 aliphatic carbocycles. The summed E-state index contributed by atoms with van der Waals surface area (Å²) in [5, 5.41) is 4.31. The number of hydrogen-bond acceptors (Lipinski definition) is 5. The maximum absolute atomic E-state index is 12.1. The fraction of sp³-hybridized carbons (Fsp3) is 0.188. The van der Waals surface area contributed by atoms with Crippen LogP contribution in [0.2, 0.25) is 0 Å². The number of hydrogen-bond donors (Lipinski definition) is 0. The largest absolute Gasteiger partial charge is 0.275 e. The minimum atomic E-state index is -0.141. The highest BCUT2D eigenvalue weighted by molar-refractivity contribution is 8.01. The van der Waals surface area contributed by atoms with E-state index < -0.39 is 0 Å². The topological polar surface area (TPSA) is 47.3 Å². The lowest BCUT2D eigenvalue weighted by molar-refractivity contribution is 0.855. The van der Waals surface area contributed by atoms with Gasteiger partial charge in [0.05, 0.1) is 5.69 Å². The Morgan fingerprint density at radius 2 is 2.09 bits per heavy atom. The molecule has 2 heterocycles. The van der Waals surface area contributed by atoms with Crippen molar-refractivity contribution in [3.8, 4) is 0 Å². The predicted molar refractivity (Wildman–Crippen MR) is 93.5 cm³/mol. The Morgan fingerprint density at radius 1 is 1.27 bits per heavy atom. The van der Waals surface area contributed by atoms with Gasteiger partial charge in [-0.2, -0.15) is 4.52 Å². The van der Waals surface area contributed by atoms with Crippen LogP contribution in [-0.2, 0) is 0 Å². The molecule has 0 spiro atoms. The summed E-state index contributed by atoms with van der Waals surface area (Å²) in [6, 6.07) is 11.5. The van der Waals surface area contributed by atoms with Crippen LogP contribution in [0.15, 0.2) is 45.5 Å². The Morgan fingerprint density at radius 3 is 2.86 bits per heavy atom. The summed E-state index contributed by atoms with van der Waals surface area (Å²) in [5.41, 5.74) is 1.59. The molecule has 0 radical (unpaired) electrons. The normalized spacial score (nSPS) is 11.5. The van der Waals surface area contributed by atoms with E-state index in [0.717, 1.165) is 22.1 Å². The lowest BCUT2D eigenvalue weighted by atomic mass is 10.2. The van der Waals surface area contributed by atoms with E-state index in [1.165, 1.54) is 21.9 Å².